The number of hydrogen-bond donors (Lipinski definition) is 0. The molecule has 1 amide bonds. The summed E-state index contributed by atoms with van der Waals surface area (Å²) in [6, 6.07) is 21.1. The van der Waals surface area contributed by atoms with Gasteiger partial charge in [-0.2, -0.15) is 0 Å². The van der Waals surface area contributed by atoms with Gasteiger partial charge in [-0.05, 0) is 59.5 Å². The molecule has 5 heteroatoms. The Morgan fingerprint density at radius 1 is 1.00 bits per heavy atom. The van der Waals surface area contributed by atoms with Gasteiger partial charge in [-0.25, -0.2) is 0 Å². The molecule has 29 heavy (non-hydrogen) atoms. The fourth-order valence-corrected chi connectivity index (χ4v) is 4.39. The van der Waals surface area contributed by atoms with Gasteiger partial charge in [0.15, 0.2) is 0 Å². The summed E-state index contributed by atoms with van der Waals surface area (Å²) < 4.78 is 5.75. The molecule has 3 aromatic rings. The van der Waals surface area contributed by atoms with E-state index >= 15 is 0 Å². The molecular formula is C24H19Cl2NO2. The Morgan fingerprint density at radius 3 is 2.24 bits per heavy atom. The summed E-state index contributed by atoms with van der Waals surface area (Å²) in [4.78, 5) is 15.4. The lowest BCUT2D eigenvalue weighted by Gasteiger charge is -2.27. The molecule has 2 heterocycles. The summed E-state index contributed by atoms with van der Waals surface area (Å²) in [5.41, 5.74) is 4.60. The predicted molar refractivity (Wildman–Crippen MR) is 114 cm³/mol. The van der Waals surface area contributed by atoms with E-state index in [1.807, 2.05) is 65.6 Å². The van der Waals surface area contributed by atoms with Crippen LogP contribution in [0.2, 0.25) is 10.0 Å². The van der Waals surface area contributed by atoms with Crippen molar-refractivity contribution in [3.63, 3.8) is 0 Å². The molecule has 0 aromatic heterocycles. The zero-order valence-electron chi connectivity index (χ0n) is 15.9. The molecule has 1 fully saturated rings. The highest BCUT2D eigenvalue weighted by Crippen LogP contribution is 2.48. The Hall–Kier alpha value is -2.33. The summed E-state index contributed by atoms with van der Waals surface area (Å²) in [5.74, 6) is 0.0287. The van der Waals surface area contributed by atoms with Crippen LogP contribution in [-0.4, -0.2) is 17.4 Å². The average molecular weight is 424 g/mol. The third-order valence-corrected chi connectivity index (χ3v) is 6.29. The first-order chi connectivity index (χ1) is 14.0. The summed E-state index contributed by atoms with van der Waals surface area (Å²) in [6.07, 6.45) is 0. The second-order valence-electron chi connectivity index (χ2n) is 7.80. The van der Waals surface area contributed by atoms with Gasteiger partial charge in [0.25, 0.3) is 5.91 Å². The number of fused-ring (bicyclic) bond motifs is 1. The predicted octanol–water partition coefficient (Wildman–Crippen LogP) is 5.98. The Balaban J connectivity index is 1.64. The smallest absolute Gasteiger partial charge is 0.255 e. The minimum absolute atomic E-state index is 0.0287. The largest absolute Gasteiger partial charge is 0.365 e. The molecule has 3 nitrogen and oxygen atoms in total. The highest BCUT2D eigenvalue weighted by molar-refractivity contribution is 6.30. The first-order valence-corrected chi connectivity index (χ1v) is 10.3. The Morgan fingerprint density at radius 2 is 1.62 bits per heavy atom. The van der Waals surface area contributed by atoms with Crippen molar-refractivity contribution in [2.75, 3.05) is 6.61 Å². The highest BCUT2D eigenvalue weighted by Gasteiger charge is 2.48. The fraction of sp³-hybridized carbons (Fsp3) is 0.208. The second-order valence-corrected chi connectivity index (χ2v) is 8.67. The number of amides is 1. The molecule has 0 saturated carbocycles. The quantitative estimate of drug-likeness (QED) is 0.483. The van der Waals surface area contributed by atoms with Crippen molar-refractivity contribution in [1.29, 1.82) is 0 Å². The van der Waals surface area contributed by atoms with Gasteiger partial charge in [0.2, 0.25) is 0 Å². The summed E-state index contributed by atoms with van der Waals surface area (Å²) >= 11 is 12.2. The first kappa shape index (κ1) is 18.7. The van der Waals surface area contributed by atoms with Crippen LogP contribution in [0.25, 0.3) is 0 Å². The molecule has 2 aliphatic rings. The van der Waals surface area contributed by atoms with Crippen molar-refractivity contribution in [2.45, 2.75) is 25.1 Å². The lowest BCUT2D eigenvalue weighted by molar-refractivity contribution is 0.0735. The zero-order chi connectivity index (χ0) is 20.2. The Labute approximate surface area is 179 Å². The number of carbonyl (C=O) groups excluding carboxylic acids is 1. The van der Waals surface area contributed by atoms with Crippen LogP contribution < -0.4 is 0 Å². The van der Waals surface area contributed by atoms with E-state index in [2.05, 4.69) is 13.0 Å². The van der Waals surface area contributed by atoms with Crippen molar-refractivity contribution in [3.8, 4) is 0 Å². The van der Waals surface area contributed by atoms with E-state index in [4.69, 9.17) is 27.9 Å². The van der Waals surface area contributed by atoms with E-state index in [9.17, 15) is 4.79 Å². The van der Waals surface area contributed by atoms with E-state index < -0.39 is 0 Å². The van der Waals surface area contributed by atoms with Crippen molar-refractivity contribution in [2.24, 2.45) is 0 Å². The van der Waals surface area contributed by atoms with Crippen LogP contribution in [0, 0.1) is 0 Å². The van der Waals surface area contributed by atoms with Crippen molar-refractivity contribution in [3.05, 3.63) is 105 Å². The van der Waals surface area contributed by atoms with Gasteiger partial charge in [0, 0.05) is 22.2 Å². The topological polar surface area (TPSA) is 32.8 Å². The number of ether oxygens (including phenoxy) is 1. The van der Waals surface area contributed by atoms with Crippen LogP contribution in [0.1, 0.15) is 45.6 Å². The Bertz CT molecular complexity index is 1090. The molecule has 0 aliphatic carbocycles. The van der Waals surface area contributed by atoms with Crippen LogP contribution in [0.4, 0.5) is 0 Å². The van der Waals surface area contributed by atoms with Gasteiger partial charge in [-0.15, -0.1) is 0 Å². The SMILES string of the molecule is CC1(c2cccc3c2C(c2ccc(Cl)cc2)N(Cc2ccc(Cl)cc2)C3=O)CO1. The summed E-state index contributed by atoms with van der Waals surface area (Å²) in [6.45, 7) is 3.24. The van der Waals surface area contributed by atoms with Crippen LogP contribution >= 0.6 is 23.2 Å². The van der Waals surface area contributed by atoms with E-state index in [1.54, 1.807) is 0 Å². The standard InChI is InChI=1S/C24H19Cl2NO2/c1-24(14-29-24)20-4-2-3-19-21(20)22(16-7-11-18(26)12-8-16)27(23(19)28)13-15-5-9-17(25)10-6-15/h2-12,22H,13-14H2,1H3. The van der Waals surface area contributed by atoms with Crippen LogP contribution in [0.3, 0.4) is 0 Å². The van der Waals surface area contributed by atoms with Crippen LogP contribution in [0.5, 0.6) is 0 Å². The van der Waals surface area contributed by atoms with Gasteiger partial charge in [0.05, 0.1) is 12.6 Å². The van der Waals surface area contributed by atoms with Gasteiger partial charge < -0.3 is 9.64 Å². The third kappa shape index (κ3) is 3.24. The third-order valence-electron chi connectivity index (χ3n) is 5.78. The molecule has 2 atom stereocenters. The van der Waals surface area contributed by atoms with Gasteiger partial charge in [-0.1, -0.05) is 59.6 Å². The summed E-state index contributed by atoms with van der Waals surface area (Å²) in [7, 11) is 0. The maximum Gasteiger partial charge on any atom is 0.255 e. The van der Waals surface area contributed by atoms with Gasteiger partial charge in [0.1, 0.15) is 5.60 Å². The summed E-state index contributed by atoms with van der Waals surface area (Å²) in [5, 5.41) is 1.36. The maximum absolute atomic E-state index is 13.5. The molecule has 0 N–H and O–H groups in total. The van der Waals surface area contributed by atoms with Crippen molar-refractivity contribution < 1.29 is 9.53 Å². The maximum atomic E-state index is 13.5. The average Bonchev–Trinajstić information content (AvgIpc) is 3.41. The first-order valence-electron chi connectivity index (χ1n) is 9.54. The zero-order valence-corrected chi connectivity index (χ0v) is 17.4. The number of nitrogens with zero attached hydrogens (tertiary/aromatic N) is 1. The van der Waals surface area contributed by atoms with Crippen LogP contribution in [-0.2, 0) is 16.9 Å². The number of halogens is 2. The molecular weight excluding hydrogens is 405 g/mol. The van der Waals surface area contributed by atoms with E-state index in [-0.39, 0.29) is 17.6 Å². The molecule has 0 spiro atoms. The number of benzene rings is 3. The van der Waals surface area contributed by atoms with Crippen molar-refractivity contribution >= 4 is 29.1 Å². The molecule has 0 bridgehead atoms. The molecule has 1 saturated heterocycles. The van der Waals surface area contributed by atoms with Gasteiger partial charge in [-0.3, -0.25) is 4.79 Å². The van der Waals surface area contributed by atoms with E-state index in [0.29, 0.717) is 23.2 Å². The van der Waals surface area contributed by atoms with Crippen LogP contribution in [0.15, 0.2) is 66.7 Å². The minimum atomic E-state index is -0.327. The molecule has 2 aliphatic heterocycles. The van der Waals surface area contributed by atoms with E-state index in [0.717, 1.165) is 27.8 Å². The number of rotatable bonds is 4. The fourth-order valence-electron chi connectivity index (χ4n) is 4.14. The number of epoxide rings is 1. The second kappa shape index (κ2) is 6.88. The lowest BCUT2D eigenvalue weighted by Crippen LogP contribution is -2.28. The van der Waals surface area contributed by atoms with Crippen molar-refractivity contribution in [1.82, 2.24) is 4.90 Å². The van der Waals surface area contributed by atoms with E-state index in [1.165, 1.54) is 0 Å². The molecule has 146 valence electrons. The Kier molecular flexibility index (Phi) is 4.43. The normalized spacial score (nSPS) is 22.7. The number of hydrogen-bond acceptors (Lipinski definition) is 2. The van der Waals surface area contributed by atoms with Gasteiger partial charge >= 0.3 is 0 Å². The number of carbonyl (C=O) groups is 1. The minimum Gasteiger partial charge on any atom is -0.365 e. The monoisotopic (exact) mass is 423 g/mol. The molecule has 2 unspecified atom stereocenters. The molecule has 5 rings (SSSR count). The molecule has 0 radical (unpaired) electrons. The lowest BCUT2D eigenvalue weighted by atomic mass is 9.88. The highest BCUT2D eigenvalue weighted by atomic mass is 35.5. The molecule has 3 aromatic carbocycles.